The molecule has 0 radical (unpaired) electrons. The van der Waals surface area contributed by atoms with Crippen LogP contribution in [0.3, 0.4) is 0 Å². The van der Waals surface area contributed by atoms with Crippen LogP contribution in [0.25, 0.3) is 0 Å². The lowest BCUT2D eigenvalue weighted by atomic mass is 10.2. The van der Waals surface area contributed by atoms with Gasteiger partial charge in [0.15, 0.2) is 5.96 Å². The minimum atomic E-state index is 0. The first-order valence-corrected chi connectivity index (χ1v) is 5.88. The Hall–Kier alpha value is -1.42. The first kappa shape index (κ1) is 17.6. The second-order valence-corrected chi connectivity index (χ2v) is 3.60. The van der Waals surface area contributed by atoms with Gasteiger partial charge in [-0.15, -0.1) is 30.4 Å². The van der Waals surface area contributed by atoms with Crippen molar-refractivity contribution in [2.24, 2.45) is 4.99 Å². The predicted molar refractivity (Wildman–Crippen MR) is 90.1 cm³/mol. The number of nitrogens with zero attached hydrogens (tertiary/aromatic N) is 1. The highest BCUT2D eigenvalue weighted by Crippen LogP contribution is 2.11. The van der Waals surface area contributed by atoms with Gasteiger partial charge in [0.1, 0.15) is 5.75 Å². The molecular weight excluding hydrogens is 353 g/mol. The molecule has 1 aromatic rings. The van der Waals surface area contributed by atoms with Crippen LogP contribution >= 0.6 is 24.0 Å². The second-order valence-electron chi connectivity index (χ2n) is 3.60. The summed E-state index contributed by atoms with van der Waals surface area (Å²) in [6, 6.07) is 7.83. The number of nitrogens with one attached hydrogen (secondary N) is 2. The lowest BCUT2D eigenvalue weighted by Gasteiger charge is -2.08. The van der Waals surface area contributed by atoms with Crippen molar-refractivity contribution in [3.8, 4) is 18.1 Å². The number of ether oxygens (including phenoxy) is 1. The van der Waals surface area contributed by atoms with Gasteiger partial charge in [0.05, 0.1) is 20.2 Å². The molecule has 0 unspecified atom stereocenters. The molecular formula is C14H20IN3O. The van der Waals surface area contributed by atoms with Gasteiger partial charge in [-0.25, -0.2) is 4.99 Å². The molecule has 1 rings (SSSR count). The molecule has 19 heavy (non-hydrogen) atoms. The summed E-state index contributed by atoms with van der Waals surface area (Å²) in [4.78, 5) is 4.43. The first-order chi connectivity index (χ1) is 8.80. The van der Waals surface area contributed by atoms with E-state index in [9.17, 15) is 0 Å². The molecule has 0 aliphatic heterocycles. The number of halogens is 1. The van der Waals surface area contributed by atoms with Crippen molar-refractivity contribution in [3.63, 3.8) is 0 Å². The van der Waals surface area contributed by atoms with E-state index in [1.807, 2.05) is 31.2 Å². The van der Waals surface area contributed by atoms with E-state index in [2.05, 4.69) is 21.5 Å². The van der Waals surface area contributed by atoms with Gasteiger partial charge in [0.2, 0.25) is 0 Å². The second kappa shape index (κ2) is 10.5. The molecule has 0 saturated carbocycles. The average Bonchev–Trinajstić information content (AvgIpc) is 2.42. The van der Waals surface area contributed by atoms with E-state index in [1.165, 1.54) is 0 Å². The van der Waals surface area contributed by atoms with Gasteiger partial charge in [0, 0.05) is 6.54 Å². The topological polar surface area (TPSA) is 45.7 Å². The first-order valence-electron chi connectivity index (χ1n) is 5.88. The largest absolute Gasteiger partial charge is 0.497 e. The number of rotatable bonds is 5. The van der Waals surface area contributed by atoms with Crippen molar-refractivity contribution in [1.29, 1.82) is 0 Å². The van der Waals surface area contributed by atoms with Crippen molar-refractivity contribution < 1.29 is 4.74 Å². The quantitative estimate of drug-likeness (QED) is 0.359. The standard InChI is InChI=1S/C14H19N3O.HI/c1-4-10-16-14(15-5-2)17-11-12-6-8-13(18-3)9-7-12;/h1,6-9H,5,10-11H2,2-3H3,(H2,15,16,17);1H. The zero-order valence-corrected chi connectivity index (χ0v) is 13.6. The maximum atomic E-state index is 5.20. The Morgan fingerprint density at radius 2 is 2.00 bits per heavy atom. The Labute approximate surface area is 132 Å². The van der Waals surface area contributed by atoms with Crippen molar-refractivity contribution in [2.75, 3.05) is 20.2 Å². The van der Waals surface area contributed by atoms with E-state index < -0.39 is 0 Å². The van der Waals surface area contributed by atoms with Crippen molar-refractivity contribution in [1.82, 2.24) is 10.6 Å². The molecule has 0 bridgehead atoms. The zero-order valence-electron chi connectivity index (χ0n) is 11.3. The van der Waals surface area contributed by atoms with Crippen LogP contribution in [0, 0.1) is 12.3 Å². The molecule has 1 aromatic carbocycles. The minimum Gasteiger partial charge on any atom is -0.497 e. The van der Waals surface area contributed by atoms with E-state index in [0.717, 1.165) is 23.8 Å². The predicted octanol–water partition coefficient (Wildman–Crippen LogP) is 2.00. The van der Waals surface area contributed by atoms with Crippen molar-refractivity contribution >= 4 is 29.9 Å². The van der Waals surface area contributed by atoms with Gasteiger partial charge in [-0.1, -0.05) is 18.1 Å². The van der Waals surface area contributed by atoms with Gasteiger partial charge in [0.25, 0.3) is 0 Å². The Morgan fingerprint density at radius 1 is 1.32 bits per heavy atom. The van der Waals surface area contributed by atoms with Crippen molar-refractivity contribution in [2.45, 2.75) is 13.5 Å². The highest BCUT2D eigenvalue weighted by Gasteiger charge is 1.96. The molecule has 0 amide bonds. The maximum Gasteiger partial charge on any atom is 0.192 e. The van der Waals surface area contributed by atoms with Crippen LogP contribution in [0.4, 0.5) is 0 Å². The van der Waals surface area contributed by atoms with E-state index in [1.54, 1.807) is 7.11 Å². The van der Waals surface area contributed by atoms with Crippen LogP contribution in [0.5, 0.6) is 5.75 Å². The molecule has 0 fully saturated rings. The Bertz CT molecular complexity index is 423. The molecule has 2 N–H and O–H groups in total. The molecule has 5 heteroatoms. The molecule has 104 valence electrons. The van der Waals surface area contributed by atoms with Crippen molar-refractivity contribution in [3.05, 3.63) is 29.8 Å². The number of aliphatic imine (C=N–C) groups is 1. The summed E-state index contributed by atoms with van der Waals surface area (Å²) in [6.45, 7) is 3.89. The van der Waals surface area contributed by atoms with E-state index in [4.69, 9.17) is 11.2 Å². The third kappa shape index (κ3) is 6.91. The summed E-state index contributed by atoms with van der Waals surface area (Å²) < 4.78 is 5.10. The minimum absolute atomic E-state index is 0. The third-order valence-corrected chi connectivity index (χ3v) is 2.28. The van der Waals surface area contributed by atoms with Crippen LogP contribution in [-0.4, -0.2) is 26.2 Å². The highest BCUT2D eigenvalue weighted by molar-refractivity contribution is 14.0. The number of hydrogen-bond donors (Lipinski definition) is 2. The number of hydrogen-bond acceptors (Lipinski definition) is 2. The van der Waals surface area contributed by atoms with Crippen LogP contribution in [-0.2, 0) is 6.54 Å². The number of guanidine groups is 1. The zero-order chi connectivity index (χ0) is 13.2. The summed E-state index contributed by atoms with van der Waals surface area (Å²) in [5, 5.41) is 6.17. The van der Waals surface area contributed by atoms with Gasteiger partial charge < -0.3 is 15.4 Å². The molecule has 0 atom stereocenters. The maximum absolute atomic E-state index is 5.20. The number of methoxy groups -OCH3 is 1. The van der Waals surface area contributed by atoms with Gasteiger partial charge in [-0.05, 0) is 24.6 Å². The van der Waals surface area contributed by atoms with E-state index in [-0.39, 0.29) is 24.0 Å². The Kier molecular flexibility index (Phi) is 9.71. The number of benzene rings is 1. The van der Waals surface area contributed by atoms with Crippen LogP contribution in [0.15, 0.2) is 29.3 Å². The Balaban J connectivity index is 0.00000324. The molecule has 0 saturated heterocycles. The summed E-state index contributed by atoms with van der Waals surface area (Å²) in [5.74, 6) is 4.10. The highest BCUT2D eigenvalue weighted by atomic mass is 127. The van der Waals surface area contributed by atoms with E-state index in [0.29, 0.717) is 13.1 Å². The summed E-state index contributed by atoms with van der Waals surface area (Å²) in [6.07, 6.45) is 5.20. The fraction of sp³-hybridized carbons (Fsp3) is 0.357. The fourth-order valence-corrected chi connectivity index (χ4v) is 1.38. The average molecular weight is 373 g/mol. The van der Waals surface area contributed by atoms with Crippen LogP contribution in [0.2, 0.25) is 0 Å². The normalized spacial score (nSPS) is 10.1. The van der Waals surface area contributed by atoms with Crippen LogP contribution in [0.1, 0.15) is 12.5 Å². The Morgan fingerprint density at radius 3 is 2.53 bits per heavy atom. The molecule has 0 heterocycles. The fourth-order valence-electron chi connectivity index (χ4n) is 1.38. The smallest absolute Gasteiger partial charge is 0.192 e. The third-order valence-electron chi connectivity index (χ3n) is 2.28. The van der Waals surface area contributed by atoms with Gasteiger partial charge >= 0.3 is 0 Å². The van der Waals surface area contributed by atoms with Gasteiger partial charge in [-0.2, -0.15) is 0 Å². The summed E-state index contributed by atoms with van der Waals surface area (Å²) in [7, 11) is 1.65. The number of terminal acetylenes is 1. The molecule has 4 nitrogen and oxygen atoms in total. The summed E-state index contributed by atoms with van der Waals surface area (Å²) >= 11 is 0. The molecule has 0 aliphatic rings. The van der Waals surface area contributed by atoms with Gasteiger partial charge in [-0.3, -0.25) is 0 Å². The lowest BCUT2D eigenvalue weighted by Crippen LogP contribution is -2.37. The SMILES string of the molecule is C#CCNC(=NCc1ccc(OC)cc1)NCC.I. The van der Waals surface area contributed by atoms with E-state index >= 15 is 0 Å². The molecule has 0 aromatic heterocycles. The summed E-state index contributed by atoms with van der Waals surface area (Å²) in [5.41, 5.74) is 1.12. The molecule has 0 aliphatic carbocycles. The van der Waals surface area contributed by atoms with Crippen LogP contribution < -0.4 is 15.4 Å². The molecule has 0 spiro atoms. The monoisotopic (exact) mass is 373 g/mol. The lowest BCUT2D eigenvalue weighted by molar-refractivity contribution is 0.414.